The zero-order valence-corrected chi connectivity index (χ0v) is 24.3. The van der Waals surface area contributed by atoms with Gasteiger partial charge < -0.3 is 14.7 Å². The number of fused-ring (bicyclic) bond motifs is 1. The fraction of sp³-hybridized carbons (Fsp3) is 0.455. The van der Waals surface area contributed by atoms with E-state index in [9.17, 15) is 14.3 Å². The molecule has 1 saturated heterocycles. The van der Waals surface area contributed by atoms with Gasteiger partial charge in [0.1, 0.15) is 11.6 Å². The normalized spacial score (nSPS) is 17.0. The van der Waals surface area contributed by atoms with Gasteiger partial charge in [-0.2, -0.15) is 0 Å². The van der Waals surface area contributed by atoms with Crippen molar-refractivity contribution in [2.75, 3.05) is 31.6 Å². The molecule has 1 aromatic heterocycles. The molecular formula is C33H40FN3O3. The number of carbonyl (C=O) groups is 1. The predicted octanol–water partition coefficient (Wildman–Crippen LogP) is 6.32. The van der Waals surface area contributed by atoms with E-state index in [4.69, 9.17) is 9.72 Å². The summed E-state index contributed by atoms with van der Waals surface area (Å²) in [6.07, 6.45) is 2.98. The third kappa shape index (κ3) is 5.85. The van der Waals surface area contributed by atoms with Crippen molar-refractivity contribution in [1.29, 1.82) is 0 Å². The molecule has 2 aliphatic rings. The van der Waals surface area contributed by atoms with Crippen molar-refractivity contribution in [2.24, 2.45) is 5.41 Å². The lowest BCUT2D eigenvalue weighted by Gasteiger charge is -2.40. The number of benzene rings is 2. The summed E-state index contributed by atoms with van der Waals surface area (Å²) < 4.78 is 19.4. The van der Waals surface area contributed by atoms with E-state index in [1.54, 1.807) is 19.2 Å². The highest BCUT2D eigenvalue weighted by atomic mass is 19.1. The third-order valence-electron chi connectivity index (χ3n) is 8.64. The van der Waals surface area contributed by atoms with E-state index in [1.807, 2.05) is 13.8 Å². The first kappa shape index (κ1) is 28.1. The molecule has 1 fully saturated rings. The number of aryl methyl sites for hydroxylation is 2. The molecule has 3 heterocycles. The van der Waals surface area contributed by atoms with Crippen LogP contribution in [0.2, 0.25) is 0 Å². The van der Waals surface area contributed by atoms with Gasteiger partial charge in [0.2, 0.25) is 0 Å². The van der Waals surface area contributed by atoms with E-state index >= 15 is 0 Å². The zero-order valence-electron chi connectivity index (χ0n) is 24.3. The molecular weight excluding hydrogens is 505 g/mol. The van der Waals surface area contributed by atoms with E-state index in [0.717, 1.165) is 84.8 Å². The second kappa shape index (κ2) is 11.2. The molecule has 0 amide bonds. The Morgan fingerprint density at radius 1 is 1.05 bits per heavy atom. The number of aliphatic carboxylic acids is 1. The summed E-state index contributed by atoms with van der Waals surface area (Å²) in [6.45, 7) is 12.7. The number of halogens is 1. The van der Waals surface area contributed by atoms with Crippen molar-refractivity contribution in [1.82, 2.24) is 9.88 Å². The number of pyridine rings is 1. The standard InChI is InChI=1S/C33H40FN3O3/c1-21-28(18-30(38)39)32(37-14-11-33(3,4)12-15-37)31(22(2)35-21)24-6-7-25-19-36(13-10-23(25)16-24)20-26-17-27(34)8-9-29(26)40-5/h6-9,16-17H,10-15,18-20H2,1-5H3,(H,38,39). The van der Waals surface area contributed by atoms with E-state index in [0.29, 0.717) is 12.3 Å². The highest BCUT2D eigenvalue weighted by Crippen LogP contribution is 2.42. The zero-order chi connectivity index (χ0) is 28.6. The molecule has 6 nitrogen and oxygen atoms in total. The summed E-state index contributed by atoms with van der Waals surface area (Å²) in [6, 6.07) is 11.3. The minimum absolute atomic E-state index is 0.0369. The van der Waals surface area contributed by atoms with Crippen molar-refractivity contribution in [3.05, 3.63) is 75.9 Å². The van der Waals surface area contributed by atoms with Crippen molar-refractivity contribution < 1.29 is 19.0 Å². The van der Waals surface area contributed by atoms with Gasteiger partial charge in [-0.25, -0.2) is 4.39 Å². The Kier molecular flexibility index (Phi) is 7.87. The molecule has 212 valence electrons. The maximum absolute atomic E-state index is 13.9. The lowest BCUT2D eigenvalue weighted by atomic mass is 9.82. The molecule has 1 N–H and O–H groups in total. The lowest BCUT2D eigenvalue weighted by Crippen LogP contribution is -2.38. The molecule has 7 heteroatoms. The summed E-state index contributed by atoms with van der Waals surface area (Å²) in [5.41, 5.74) is 9.43. The van der Waals surface area contributed by atoms with E-state index < -0.39 is 5.97 Å². The first-order chi connectivity index (χ1) is 19.0. The smallest absolute Gasteiger partial charge is 0.307 e. The number of methoxy groups -OCH3 is 1. The van der Waals surface area contributed by atoms with Crippen LogP contribution < -0.4 is 9.64 Å². The molecule has 2 aromatic carbocycles. The van der Waals surface area contributed by atoms with Crippen LogP contribution in [0.15, 0.2) is 36.4 Å². The average molecular weight is 546 g/mol. The first-order valence-electron chi connectivity index (χ1n) is 14.2. The number of aromatic nitrogens is 1. The maximum atomic E-state index is 13.9. The Morgan fingerprint density at radius 2 is 1.80 bits per heavy atom. The molecule has 0 radical (unpaired) electrons. The predicted molar refractivity (Wildman–Crippen MR) is 156 cm³/mol. The van der Waals surface area contributed by atoms with Gasteiger partial charge in [0.15, 0.2) is 0 Å². The van der Waals surface area contributed by atoms with Crippen LogP contribution in [0.1, 0.15) is 60.3 Å². The number of hydrogen-bond donors (Lipinski definition) is 1. The number of carboxylic acids is 1. The number of ether oxygens (including phenoxy) is 1. The topological polar surface area (TPSA) is 65.9 Å². The van der Waals surface area contributed by atoms with Crippen LogP contribution in [-0.2, 0) is 30.7 Å². The van der Waals surface area contributed by atoms with Gasteiger partial charge in [-0.3, -0.25) is 14.7 Å². The van der Waals surface area contributed by atoms with E-state index in [2.05, 4.69) is 41.8 Å². The summed E-state index contributed by atoms with van der Waals surface area (Å²) in [5.74, 6) is -0.385. The summed E-state index contributed by atoms with van der Waals surface area (Å²) in [4.78, 5) is 21.5. The largest absolute Gasteiger partial charge is 0.496 e. The Bertz CT molecular complexity index is 1420. The molecule has 5 rings (SSSR count). The highest BCUT2D eigenvalue weighted by Gasteiger charge is 2.30. The molecule has 0 atom stereocenters. The minimum atomic E-state index is -0.834. The van der Waals surface area contributed by atoms with Crippen molar-refractivity contribution in [3.8, 4) is 16.9 Å². The van der Waals surface area contributed by atoms with Gasteiger partial charge >= 0.3 is 5.97 Å². The summed E-state index contributed by atoms with van der Waals surface area (Å²) in [7, 11) is 1.62. The van der Waals surface area contributed by atoms with Gasteiger partial charge in [0, 0.05) is 60.8 Å². The number of nitrogens with zero attached hydrogens (tertiary/aromatic N) is 3. The molecule has 3 aromatic rings. The summed E-state index contributed by atoms with van der Waals surface area (Å²) >= 11 is 0. The van der Waals surface area contributed by atoms with Crippen molar-refractivity contribution >= 4 is 11.7 Å². The fourth-order valence-corrected chi connectivity index (χ4v) is 6.28. The average Bonchev–Trinajstić information content (AvgIpc) is 2.90. The van der Waals surface area contributed by atoms with E-state index in [-0.39, 0.29) is 17.7 Å². The van der Waals surface area contributed by atoms with Crippen LogP contribution in [0.25, 0.3) is 11.1 Å². The fourth-order valence-electron chi connectivity index (χ4n) is 6.28. The van der Waals surface area contributed by atoms with Gasteiger partial charge in [-0.05, 0) is 73.4 Å². The van der Waals surface area contributed by atoms with Gasteiger partial charge in [-0.1, -0.05) is 32.0 Å². The second-order valence-electron chi connectivity index (χ2n) is 12.1. The number of rotatable bonds is 7. The number of anilines is 1. The van der Waals surface area contributed by atoms with Gasteiger partial charge in [0.05, 0.1) is 19.2 Å². The summed E-state index contributed by atoms with van der Waals surface area (Å²) in [5, 5.41) is 9.79. The third-order valence-corrected chi connectivity index (χ3v) is 8.64. The molecule has 0 bridgehead atoms. The van der Waals surface area contributed by atoms with Crippen LogP contribution in [0.4, 0.5) is 10.1 Å². The van der Waals surface area contributed by atoms with Crippen LogP contribution in [0, 0.1) is 25.1 Å². The number of carboxylic acid groups (broad SMARTS) is 1. The lowest BCUT2D eigenvalue weighted by molar-refractivity contribution is -0.136. The van der Waals surface area contributed by atoms with Crippen molar-refractivity contribution in [3.63, 3.8) is 0 Å². The molecule has 0 spiro atoms. The quantitative estimate of drug-likeness (QED) is 0.375. The number of hydrogen-bond acceptors (Lipinski definition) is 5. The monoisotopic (exact) mass is 545 g/mol. The van der Waals surface area contributed by atoms with Crippen LogP contribution in [0.3, 0.4) is 0 Å². The van der Waals surface area contributed by atoms with Crippen LogP contribution in [0.5, 0.6) is 5.75 Å². The highest BCUT2D eigenvalue weighted by molar-refractivity contribution is 5.86. The molecule has 0 aliphatic carbocycles. The maximum Gasteiger partial charge on any atom is 0.307 e. The van der Waals surface area contributed by atoms with Crippen LogP contribution in [-0.4, -0.2) is 47.7 Å². The molecule has 0 unspecified atom stereocenters. The van der Waals surface area contributed by atoms with E-state index in [1.165, 1.54) is 17.2 Å². The first-order valence-corrected chi connectivity index (χ1v) is 14.2. The molecule has 2 aliphatic heterocycles. The Morgan fingerprint density at radius 3 is 2.50 bits per heavy atom. The Hall–Kier alpha value is -3.45. The Balaban J connectivity index is 1.49. The SMILES string of the molecule is COc1ccc(F)cc1CN1CCc2cc(-c3c(C)nc(C)c(CC(=O)O)c3N3CCC(C)(C)CC3)ccc2C1. The van der Waals surface area contributed by atoms with Crippen molar-refractivity contribution in [2.45, 2.75) is 66.5 Å². The van der Waals surface area contributed by atoms with Crippen LogP contribution >= 0.6 is 0 Å². The van der Waals surface area contributed by atoms with Gasteiger partial charge in [-0.15, -0.1) is 0 Å². The minimum Gasteiger partial charge on any atom is -0.496 e. The number of piperidine rings is 1. The molecule has 40 heavy (non-hydrogen) atoms. The van der Waals surface area contributed by atoms with Gasteiger partial charge in [0.25, 0.3) is 0 Å². The Labute approximate surface area is 236 Å². The molecule has 0 saturated carbocycles. The second-order valence-corrected chi connectivity index (χ2v) is 12.1.